The molecule has 0 saturated heterocycles. The fourth-order valence-corrected chi connectivity index (χ4v) is 7.24. The van der Waals surface area contributed by atoms with E-state index >= 15 is 0 Å². The van der Waals surface area contributed by atoms with Gasteiger partial charge in [-0.2, -0.15) is 0 Å². The van der Waals surface area contributed by atoms with Crippen molar-refractivity contribution in [3.63, 3.8) is 0 Å². The first-order valence-corrected chi connectivity index (χ1v) is 23.7. The van der Waals surface area contributed by atoms with Gasteiger partial charge in [0.25, 0.3) is 0 Å². The molecule has 0 aromatic rings. The number of hydrogen-bond acceptors (Lipinski definition) is 13. The van der Waals surface area contributed by atoms with Crippen molar-refractivity contribution in [3.05, 3.63) is 60.8 Å². The van der Waals surface area contributed by atoms with E-state index in [0.29, 0.717) is 19.3 Å². The monoisotopic (exact) mass is 873 g/mol. The Bertz CT molecular complexity index is 1300. The summed E-state index contributed by atoms with van der Waals surface area (Å²) < 4.78 is 33.4. The van der Waals surface area contributed by atoms with E-state index in [9.17, 15) is 49.7 Å². The predicted octanol–water partition coefficient (Wildman–Crippen LogP) is 7.14. The number of aliphatic hydroxyl groups is 6. The molecule has 0 amide bonds. The Kier molecular flexibility index (Phi) is 32.4. The van der Waals surface area contributed by atoms with Crippen LogP contribution in [0.2, 0.25) is 0 Å². The van der Waals surface area contributed by atoms with Crippen LogP contribution in [0.4, 0.5) is 0 Å². The summed E-state index contributed by atoms with van der Waals surface area (Å²) in [7, 11) is -5.14. The summed E-state index contributed by atoms with van der Waals surface area (Å²) in [6, 6.07) is 0. The van der Waals surface area contributed by atoms with Gasteiger partial charge in [0.2, 0.25) is 0 Å². The van der Waals surface area contributed by atoms with E-state index in [0.717, 1.165) is 77.0 Å². The quantitative estimate of drug-likeness (QED) is 0.0110. The van der Waals surface area contributed by atoms with Crippen LogP contribution in [0.1, 0.15) is 149 Å². The second-order valence-electron chi connectivity index (χ2n) is 15.4. The summed E-state index contributed by atoms with van der Waals surface area (Å²) >= 11 is 0. The van der Waals surface area contributed by atoms with Crippen LogP contribution in [-0.2, 0) is 32.7 Å². The molecule has 1 saturated carbocycles. The van der Waals surface area contributed by atoms with Crippen LogP contribution >= 0.6 is 7.82 Å². The van der Waals surface area contributed by atoms with Crippen molar-refractivity contribution in [1.29, 1.82) is 0 Å². The summed E-state index contributed by atoms with van der Waals surface area (Å²) in [6.07, 6.45) is 24.6. The van der Waals surface area contributed by atoms with Crippen LogP contribution in [0.3, 0.4) is 0 Å². The van der Waals surface area contributed by atoms with Crippen LogP contribution in [-0.4, -0.2) is 110 Å². The average molecular weight is 873 g/mol. The molecular weight excluding hydrogens is 795 g/mol. The third-order valence-electron chi connectivity index (χ3n) is 9.94. The van der Waals surface area contributed by atoms with Crippen LogP contribution in [0.5, 0.6) is 0 Å². The smallest absolute Gasteiger partial charge is 0.462 e. The molecular formula is C45H77O14P. The molecule has 0 heterocycles. The van der Waals surface area contributed by atoms with Crippen molar-refractivity contribution >= 4 is 19.8 Å². The Morgan fingerprint density at radius 1 is 0.600 bits per heavy atom. The first-order valence-electron chi connectivity index (χ1n) is 22.2. The van der Waals surface area contributed by atoms with E-state index in [2.05, 4.69) is 26.0 Å². The van der Waals surface area contributed by atoms with Crippen molar-refractivity contribution in [1.82, 2.24) is 0 Å². The number of allylic oxidation sites excluding steroid dienone is 9. The van der Waals surface area contributed by atoms with Crippen molar-refractivity contribution in [2.75, 3.05) is 13.2 Å². The van der Waals surface area contributed by atoms with Gasteiger partial charge in [-0.3, -0.25) is 18.6 Å². The Morgan fingerprint density at radius 3 is 1.78 bits per heavy atom. The maximum Gasteiger partial charge on any atom is 0.472 e. The first kappa shape index (κ1) is 55.5. The molecule has 1 aliphatic carbocycles. The van der Waals surface area contributed by atoms with Gasteiger partial charge in [0.05, 0.1) is 12.7 Å². The Morgan fingerprint density at radius 2 is 1.12 bits per heavy atom. The molecule has 3 unspecified atom stereocenters. The van der Waals surface area contributed by atoms with Gasteiger partial charge in [-0.05, 0) is 64.2 Å². The van der Waals surface area contributed by atoms with Gasteiger partial charge in [-0.25, -0.2) is 4.57 Å². The predicted molar refractivity (Wildman–Crippen MR) is 232 cm³/mol. The van der Waals surface area contributed by atoms with Gasteiger partial charge < -0.3 is 45.0 Å². The SMILES string of the molecule is CCCCCC/C=C\CCCCCCCC(=O)O[C@H](COC(=O)CCC/C=C\C/C=C\C/C=C\C=C\[C@H](O)CCCCC)COP(=O)(O)OC1[C@H](O)[C@H](O)C(O)[C@H](O)[C@H]1O. The van der Waals surface area contributed by atoms with Crippen molar-refractivity contribution in [2.45, 2.75) is 198 Å². The summed E-state index contributed by atoms with van der Waals surface area (Å²) in [5, 5.41) is 60.0. The normalized spacial score (nSPS) is 23.3. The average Bonchev–Trinajstić information content (AvgIpc) is 3.22. The zero-order valence-electron chi connectivity index (χ0n) is 36.1. The van der Waals surface area contributed by atoms with Crippen LogP contribution < -0.4 is 0 Å². The largest absolute Gasteiger partial charge is 0.472 e. The molecule has 0 aliphatic heterocycles. The van der Waals surface area contributed by atoms with Gasteiger partial charge in [0, 0.05) is 12.8 Å². The van der Waals surface area contributed by atoms with E-state index in [1.54, 1.807) is 6.08 Å². The molecule has 9 atom stereocenters. The van der Waals surface area contributed by atoms with Gasteiger partial charge in [0.1, 0.15) is 43.2 Å². The molecule has 0 spiro atoms. The third-order valence-corrected chi connectivity index (χ3v) is 10.9. The third kappa shape index (κ3) is 27.5. The zero-order chi connectivity index (χ0) is 44.4. The van der Waals surface area contributed by atoms with Crippen molar-refractivity contribution in [2.24, 2.45) is 0 Å². The highest BCUT2D eigenvalue weighted by Gasteiger charge is 2.51. The zero-order valence-corrected chi connectivity index (χ0v) is 37.0. The Labute approximate surface area is 358 Å². The molecule has 0 bridgehead atoms. The number of ether oxygens (including phenoxy) is 2. The Balaban J connectivity index is 2.55. The lowest BCUT2D eigenvalue weighted by Crippen LogP contribution is -2.64. The Hall–Kier alpha value is -2.49. The number of aliphatic hydroxyl groups excluding tert-OH is 6. The van der Waals surface area contributed by atoms with Gasteiger partial charge in [-0.15, -0.1) is 0 Å². The summed E-state index contributed by atoms with van der Waals surface area (Å²) in [5.74, 6) is -1.21. The fourth-order valence-electron chi connectivity index (χ4n) is 6.27. The molecule has 1 rings (SSSR count). The van der Waals surface area contributed by atoms with E-state index in [4.69, 9.17) is 18.5 Å². The highest BCUT2D eigenvalue weighted by atomic mass is 31.2. The molecule has 0 aromatic carbocycles. The number of unbranched alkanes of at least 4 members (excludes halogenated alkanes) is 12. The summed E-state index contributed by atoms with van der Waals surface area (Å²) in [4.78, 5) is 35.6. The molecule has 0 radical (unpaired) electrons. The van der Waals surface area contributed by atoms with E-state index < -0.39 is 81.8 Å². The van der Waals surface area contributed by atoms with E-state index in [-0.39, 0.29) is 12.8 Å². The van der Waals surface area contributed by atoms with Crippen LogP contribution in [0.15, 0.2) is 60.8 Å². The molecule has 0 aromatic heterocycles. The minimum Gasteiger partial charge on any atom is -0.462 e. The molecule has 1 fully saturated rings. The standard InChI is InChI=1S/C45H77O14P/c1-3-5-7-8-9-10-11-12-15-19-22-25-29-33-39(48)58-37(35-57-60(54,55)59-45-43(52)41(50)40(49)42(51)44(45)53)34-56-38(47)32-28-24-21-18-16-13-14-17-20-23-27-31-36(46)30-26-6-4-2/h10-11,13-14,18,20-21,23,27,31,36-37,40-46,49-53H,3-9,12,15-17,19,22,24-26,28-30,32-35H2,1-2H3,(H,54,55)/b11-10-,14-13-,21-18-,23-20-,31-27+/t36-,37-,40?,41-,42+,43-,44-,45?/m1/s1. The molecule has 1 aliphatic rings. The number of esters is 2. The maximum atomic E-state index is 12.8. The number of rotatable bonds is 35. The minimum absolute atomic E-state index is 0.0633. The molecule has 60 heavy (non-hydrogen) atoms. The number of carbonyl (C=O) groups is 2. The highest BCUT2D eigenvalue weighted by Crippen LogP contribution is 2.47. The molecule has 346 valence electrons. The number of phosphoric acid groups is 1. The summed E-state index contributed by atoms with van der Waals surface area (Å²) in [5.41, 5.74) is 0. The molecule has 7 N–H and O–H groups in total. The minimum atomic E-state index is -5.14. The topological polar surface area (TPSA) is 230 Å². The summed E-state index contributed by atoms with van der Waals surface area (Å²) in [6.45, 7) is 3.08. The highest BCUT2D eigenvalue weighted by molar-refractivity contribution is 7.47. The second-order valence-corrected chi connectivity index (χ2v) is 16.8. The maximum absolute atomic E-state index is 12.8. The van der Waals surface area contributed by atoms with Crippen LogP contribution in [0, 0.1) is 0 Å². The lowest BCUT2D eigenvalue weighted by Gasteiger charge is -2.41. The molecule has 14 nitrogen and oxygen atoms in total. The van der Waals surface area contributed by atoms with Crippen molar-refractivity contribution in [3.8, 4) is 0 Å². The number of carbonyl (C=O) groups excluding carboxylic acids is 2. The van der Waals surface area contributed by atoms with Crippen LogP contribution in [0.25, 0.3) is 0 Å². The molecule has 15 heteroatoms. The second kappa shape index (κ2) is 35.0. The first-order chi connectivity index (χ1) is 28.8. The lowest BCUT2D eigenvalue weighted by atomic mass is 9.85. The van der Waals surface area contributed by atoms with E-state index in [1.807, 2.05) is 42.5 Å². The number of hydrogen-bond donors (Lipinski definition) is 7. The van der Waals surface area contributed by atoms with Gasteiger partial charge in [-0.1, -0.05) is 132 Å². The number of phosphoric ester groups is 1. The lowest BCUT2D eigenvalue weighted by molar-refractivity contribution is -0.220. The van der Waals surface area contributed by atoms with Crippen molar-refractivity contribution < 1.29 is 68.2 Å². The van der Waals surface area contributed by atoms with E-state index in [1.165, 1.54) is 25.7 Å². The fraction of sp³-hybridized carbons (Fsp3) is 0.733. The van der Waals surface area contributed by atoms with Gasteiger partial charge >= 0.3 is 19.8 Å². The van der Waals surface area contributed by atoms with Gasteiger partial charge in [0.15, 0.2) is 6.10 Å².